The van der Waals surface area contributed by atoms with E-state index in [0.29, 0.717) is 6.07 Å². The van der Waals surface area contributed by atoms with Crippen LogP contribution in [0.5, 0.6) is 5.75 Å². The zero-order valence-electron chi connectivity index (χ0n) is 17.7. The number of aliphatic hydroxyl groups is 7. The van der Waals surface area contributed by atoms with Crippen LogP contribution in [0.25, 0.3) is 0 Å². The number of rotatable bonds is 8. The molecule has 0 radical (unpaired) electrons. The fourth-order valence-corrected chi connectivity index (χ4v) is 3.66. The molecule has 2 fully saturated rings. The summed E-state index contributed by atoms with van der Waals surface area (Å²) in [4.78, 5) is 20.1. The molecule has 35 heavy (non-hydrogen) atoms. The summed E-state index contributed by atoms with van der Waals surface area (Å²) < 4.78 is 21.3. The Morgan fingerprint density at radius 2 is 1.34 bits per heavy atom. The lowest BCUT2D eigenvalue weighted by atomic mass is 9.97. The Kier molecular flexibility index (Phi) is 8.49. The van der Waals surface area contributed by atoms with Crippen LogP contribution in [0, 0.1) is 20.2 Å². The molecule has 17 heteroatoms. The molecule has 0 unspecified atom stereocenters. The normalized spacial score (nSPS) is 37.6. The predicted molar refractivity (Wildman–Crippen MR) is 107 cm³/mol. The van der Waals surface area contributed by atoms with E-state index in [4.69, 9.17) is 18.9 Å². The van der Waals surface area contributed by atoms with Gasteiger partial charge in [-0.15, -0.1) is 0 Å². The first kappa shape index (κ1) is 27.0. The van der Waals surface area contributed by atoms with Crippen molar-refractivity contribution in [2.24, 2.45) is 0 Å². The molecule has 7 N–H and O–H groups in total. The van der Waals surface area contributed by atoms with Crippen molar-refractivity contribution in [1.29, 1.82) is 0 Å². The third-order valence-corrected chi connectivity index (χ3v) is 5.55. The molecule has 0 aromatic heterocycles. The molecule has 10 atom stereocenters. The zero-order valence-corrected chi connectivity index (χ0v) is 17.7. The fraction of sp³-hybridized carbons (Fsp3) is 0.667. The molecule has 2 aliphatic heterocycles. The highest BCUT2D eigenvalue weighted by atomic mass is 16.7. The standard InChI is InChI=1S/C18H24N2O15/c21-4-9-11(23)12(24)14(26)18(33-9)35-16-10(5-22)34-17(15(27)13(16)25)32-6-1-2-7(19(28)29)8(3-6)20(30)31/h1-3,9-18,21-27H,4-5H2/t9-,10-,11+,12+,13-,14+,15+,16+,17-,18-/m0/s1. The monoisotopic (exact) mass is 508 g/mol. The minimum absolute atomic E-state index is 0.330. The van der Waals surface area contributed by atoms with Crippen molar-refractivity contribution in [1.82, 2.24) is 0 Å². The van der Waals surface area contributed by atoms with Crippen LogP contribution in [0.2, 0.25) is 0 Å². The highest BCUT2D eigenvalue weighted by molar-refractivity contribution is 5.55. The maximum Gasteiger partial charge on any atom is 0.349 e. The van der Waals surface area contributed by atoms with Crippen LogP contribution in [-0.2, 0) is 14.2 Å². The molecule has 0 saturated carbocycles. The van der Waals surface area contributed by atoms with Gasteiger partial charge in [0.2, 0.25) is 6.29 Å². The minimum Gasteiger partial charge on any atom is -0.462 e. The topological polar surface area (TPSA) is 265 Å². The summed E-state index contributed by atoms with van der Waals surface area (Å²) in [5.41, 5.74) is -1.71. The van der Waals surface area contributed by atoms with Gasteiger partial charge in [-0.25, -0.2) is 0 Å². The summed E-state index contributed by atoms with van der Waals surface area (Å²) in [6.07, 6.45) is -16.9. The second-order valence-electron chi connectivity index (χ2n) is 7.79. The molecule has 0 spiro atoms. The molecule has 0 amide bonds. The van der Waals surface area contributed by atoms with Crippen LogP contribution in [0.4, 0.5) is 11.4 Å². The quantitative estimate of drug-likeness (QED) is 0.133. The van der Waals surface area contributed by atoms with Crippen molar-refractivity contribution in [3.63, 3.8) is 0 Å². The highest BCUT2D eigenvalue weighted by Crippen LogP contribution is 2.34. The molecule has 2 aliphatic rings. The van der Waals surface area contributed by atoms with Crippen molar-refractivity contribution >= 4 is 11.4 Å². The van der Waals surface area contributed by atoms with Crippen molar-refractivity contribution in [2.45, 2.75) is 61.4 Å². The SMILES string of the molecule is O=[N+]([O-])c1ccc(O[C@H]2O[C@@H](CO)[C@@H](O[C@@H]3O[C@@H](CO)[C@@H](O)[C@@H](O)[C@H]3O)[C@@H](O)[C@H]2O)cc1[N+](=O)[O-]. The van der Waals surface area contributed by atoms with Gasteiger partial charge >= 0.3 is 11.4 Å². The molecule has 3 rings (SSSR count). The third-order valence-electron chi connectivity index (χ3n) is 5.55. The van der Waals surface area contributed by atoms with Gasteiger partial charge in [0.1, 0.15) is 54.6 Å². The lowest BCUT2D eigenvalue weighted by molar-refractivity contribution is -0.422. The lowest BCUT2D eigenvalue weighted by Gasteiger charge is -2.45. The smallest absolute Gasteiger partial charge is 0.349 e. The number of nitro benzene ring substituents is 2. The third kappa shape index (κ3) is 5.48. The molecule has 0 bridgehead atoms. The Morgan fingerprint density at radius 1 is 0.771 bits per heavy atom. The molecule has 1 aromatic rings. The zero-order chi connectivity index (χ0) is 26.0. The Labute approximate surface area is 195 Å². The van der Waals surface area contributed by atoms with E-state index in [0.717, 1.165) is 12.1 Å². The molecule has 1 aromatic carbocycles. The predicted octanol–water partition coefficient (Wildman–Crippen LogP) is -3.49. The van der Waals surface area contributed by atoms with E-state index >= 15 is 0 Å². The molecular weight excluding hydrogens is 484 g/mol. The number of ether oxygens (including phenoxy) is 4. The molecule has 0 aliphatic carbocycles. The lowest BCUT2D eigenvalue weighted by Crippen LogP contribution is -2.65. The first-order chi connectivity index (χ1) is 16.5. The number of aliphatic hydroxyl groups excluding tert-OH is 7. The van der Waals surface area contributed by atoms with E-state index < -0.39 is 95.8 Å². The summed E-state index contributed by atoms with van der Waals surface area (Å²) in [6, 6.07) is 2.51. The van der Waals surface area contributed by atoms with Crippen molar-refractivity contribution in [2.75, 3.05) is 13.2 Å². The maximum absolute atomic E-state index is 11.1. The number of hydrogen-bond acceptors (Lipinski definition) is 15. The van der Waals surface area contributed by atoms with E-state index in [9.17, 15) is 56.0 Å². The Hall–Kier alpha value is -2.58. The van der Waals surface area contributed by atoms with E-state index in [1.54, 1.807) is 0 Å². The van der Waals surface area contributed by atoms with Crippen LogP contribution in [0.3, 0.4) is 0 Å². The summed E-state index contributed by atoms with van der Waals surface area (Å²) in [5.74, 6) is -0.330. The molecular formula is C18H24N2O15. The molecule has 2 saturated heterocycles. The van der Waals surface area contributed by atoms with Gasteiger partial charge in [-0.2, -0.15) is 0 Å². The second kappa shape index (κ2) is 11.0. The van der Waals surface area contributed by atoms with Gasteiger partial charge in [-0.3, -0.25) is 20.2 Å². The van der Waals surface area contributed by atoms with E-state index in [-0.39, 0.29) is 5.75 Å². The van der Waals surface area contributed by atoms with Crippen molar-refractivity contribution in [3.8, 4) is 5.75 Å². The van der Waals surface area contributed by atoms with Gasteiger partial charge < -0.3 is 54.7 Å². The Bertz CT molecular complexity index is 914. The summed E-state index contributed by atoms with van der Waals surface area (Å²) in [6.45, 7) is -1.58. The molecule has 196 valence electrons. The highest BCUT2D eigenvalue weighted by Gasteiger charge is 2.51. The minimum atomic E-state index is -1.90. The van der Waals surface area contributed by atoms with Gasteiger partial charge in [0.25, 0.3) is 0 Å². The van der Waals surface area contributed by atoms with Gasteiger partial charge in [0.05, 0.1) is 29.1 Å². The number of nitrogens with zero attached hydrogens (tertiary/aromatic N) is 2. The van der Waals surface area contributed by atoms with Crippen LogP contribution < -0.4 is 4.74 Å². The van der Waals surface area contributed by atoms with Gasteiger partial charge in [-0.05, 0) is 6.07 Å². The number of benzene rings is 1. The van der Waals surface area contributed by atoms with E-state index in [1.165, 1.54) is 0 Å². The van der Waals surface area contributed by atoms with Crippen molar-refractivity contribution < 1.29 is 64.5 Å². The van der Waals surface area contributed by atoms with Gasteiger partial charge in [0, 0.05) is 6.07 Å². The maximum atomic E-state index is 11.1. The average Bonchev–Trinajstić information content (AvgIpc) is 2.83. The van der Waals surface area contributed by atoms with E-state index in [1.807, 2.05) is 0 Å². The van der Waals surface area contributed by atoms with Crippen molar-refractivity contribution in [3.05, 3.63) is 38.4 Å². The summed E-state index contributed by atoms with van der Waals surface area (Å²) >= 11 is 0. The largest absolute Gasteiger partial charge is 0.462 e. The van der Waals surface area contributed by atoms with Crippen LogP contribution in [0.1, 0.15) is 0 Å². The van der Waals surface area contributed by atoms with Crippen LogP contribution in [0.15, 0.2) is 18.2 Å². The van der Waals surface area contributed by atoms with Gasteiger partial charge in [0.15, 0.2) is 6.29 Å². The average molecular weight is 508 g/mol. The van der Waals surface area contributed by atoms with Crippen LogP contribution in [-0.4, -0.2) is 120 Å². The second-order valence-corrected chi connectivity index (χ2v) is 7.79. The number of nitro groups is 2. The summed E-state index contributed by atoms with van der Waals surface area (Å²) in [7, 11) is 0. The fourth-order valence-electron chi connectivity index (χ4n) is 3.66. The Morgan fingerprint density at radius 3 is 1.91 bits per heavy atom. The van der Waals surface area contributed by atoms with E-state index in [2.05, 4.69) is 0 Å². The first-order valence-electron chi connectivity index (χ1n) is 10.2. The first-order valence-corrected chi connectivity index (χ1v) is 10.2. The van der Waals surface area contributed by atoms with Gasteiger partial charge in [-0.1, -0.05) is 0 Å². The molecule has 17 nitrogen and oxygen atoms in total. The van der Waals surface area contributed by atoms with Crippen LogP contribution >= 0.6 is 0 Å². The summed E-state index contributed by atoms with van der Waals surface area (Å²) in [5, 5.41) is 91.9. The number of hydrogen-bond donors (Lipinski definition) is 7. The molecule has 2 heterocycles. The Balaban J connectivity index is 1.76.